The fraction of sp³-hybridized carbons (Fsp3) is 0.0952. The standard InChI is InChI=1S/C21H16N2O6S/c1-27-20(25)17-9-7-14(28-17)12-23-19(24)16(22-21(23)26)11-13-8-10-18(29-13)30-15-5-3-2-4-6-15/h2-11H,12H2,1H3,(H,22,26)/b16-11-. The Labute approximate surface area is 175 Å². The number of nitrogens with zero attached hydrogens (tertiary/aromatic N) is 1. The van der Waals surface area contributed by atoms with Gasteiger partial charge in [-0.05, 0) is 36.4 Å². The van der Waals surface area contributed by atoms with Crippen LogP contribution in [0, 0.1) is 0 Å². The molecule has 30 heavy (non-hydrogen) atoms. The number of hydrogen-bond donors (Lipinski definition) is 1. The number of imide groups is 1. The average molecular weight is 424 g/mol. The number of rotatable bonds is 6. The zero-order valence-electron chi connectivity index (χ0n) is 15.8. The molecule has 0 saturated carbocycles. The van der Waals surface area contributed by atoms with Crippen LogP contribution in [0.4, 0.5) is 4.79 Å². The van der Waals surface area contributed by atoms with Crippen LogP contribution in [0.25, 0.3) is 6.08 Å². The monoisotopic (exact) mass is 424 g/mol. The first-order valence-electron chi connectivity index (χ1n) is 8.88. The summed E-state index contributed by atoms with van der Waals surface area (Å²) in [7, 11) is 1.23. The summed E-state index contributed by atoms with van der Waals surface area (Å²) >= 11 is 1.45. The van der Waals surface area contributed by atoms with E-state index in [0.717, 1.165) is 9.80 Å². The summed E-state index contributed by atoms with van der Waals surface area (Å²) in [5.74, 6) is -0.454. The van der Waals surface area contributed by atoms with Gasteiger partial charge in [0, 0.05) is 11.0 Å². The molecule has 0 unspecified atom stereocenters. The molecule has 4 rings (SSSR count). The van der Waals surface area contributed by atoms with E-state index in [0.29, 0.717) is 10.9 Å². The first-order valence-corrected chi connectivity index (χ1v) is 9.69. The van der Waals surface area contributed by atoms with Crippen LogP contribution in [-0.2, 0) is 16.1 Å². The molecule has 152 valence electrons. The van der Waals surface area contributed by atoms with Gasteiger partial charge in [-0.15, -0.1) is 0 Å². The number of nitrogens with one attached hydrogen (secondary N) is 1. The van der Waals surface area contributed by atoms with E-state index in [1.54, 1.807) is 12.1 Å². The second kappa shape index (κ2) is 8.34. The largest absolute Gasteiger partial charge is 0.463 e. The molecule has 1 aromatic carbocycles. The molecule has 2 aromatic heterocycles. The van der Waals surface area contributed by atoms with Crippen molar-refractivity contribution in [2.24, 2.45) is 0 Å². The number of methoxy groups -OCH3 is 1. The molecule has 1 saturated heterocycles. The molecule has 3 aromatic rings. The molecule has 0 aliphatic carbocycles. The second-order valence-electron chi connectivity index (χ2n) is 6.21. The molecular formula is C21H16N2O6S. The number of benzene rings is 1. The quantitative estimate of drug-likeness (QED) is 0.364. The molecule has 1 N–H and O–H groups in total. The van der Waals surface area contributed by atoms with Crippen LogP contribution in [-0.4, -0.2) is 29.9 Å². The smallest absolute Gasteiger partial charge is 0.373 e. The third kappa shape index (κ3) is 4.15. The Morgan fingerprint density at radius 1 is 1.10 bits per heavy atom. The molecule has 9 heteroatoms. The maximum atomic E-state index is 12.6. The predicted octanol–water partition coefficient (Wildman–Crippen LogP) is 3.90. The molecule has 3 amide bonds. The van der Waals surface area contributed by atoms with E-state index in [2.05, 4.69) is 10.1 Å². The Bertz CT molecular complexity index is 1130. The van der Waals surface area contributed by atoms with E-state index in [9.17, 15) is 14.4 Å². The summed E-state index contributed by atoms with van der Waals surface area (Å²) in [5.41, 5.74) is 0.0883. The lowest BCUT2D eigenvalue weighted by Gasteiger charge is -2.09. The number of carbonyl (C=O) groups excluding carboxylic acids is 3. The van der Waals surface area contributed by atoms with Gasteiger partial charge in [0.2, 0.25) is 5.76 Å². The van der Waals surface area contributed by atoms with Gasteiger partial charge in [0.1, 0.15) is 17.2 Å². The molecule has 0 bridgehead atoms. The maximum absolute atomic E-state index is 12.6. The molecule has 0 spiro atoms. The molecule has 0 atom stereocenters. The third-order valence-electron chi connectivity index (χ3n) is 4.17. The SMILES string of the molecule is COC(=O)c1ccc(CN2C(=O)N/C(=C\c3ccc(Sc4ccccc4)o3)C2=O)o1. The van der Waals surface area contributed by atoms with Crippen molar-refractivity contribution < 1.29 is 28.0 Å². The van der Waals surface area contributed by atoms with Crippen LogP contribution >= 0.6 is 11.8 Å². The molecule has 1 fully saturated rings. The average Bonchev–Trinajstić information content (AvgIpc) is 3.46. The van der Waals surface area contributed by atoms with E-state index in [4.69, 9.17) is 8.83 Å². The van der Waals surface area contributed by atoms with Crippen LogP contribution in [0.5, 0.6) is 0 Å². The van der Waals surface area contributed by atoms with Gasteiger partial charge in [-0.3, -0.25) is 9.69 Å². The van der Waals surface area contributed by atoms with Crippen molar-refractivity contribution in [3.8, 4) is 0 Å². The fourth-order valence-electron chi connectivity index (χ4n) is 2.76. The fourth-order valence-corrected chi connectivity index (χ4v) is 3.56. The van der Waals surface area contributed by atoms with Crippen molar-refractivity contribution in [3.05, 3.63) is 77.6 Å². The van der Waals surface area contributed by atoms with Gasteiger partial charge >= 0.3 is 12.0 Å². The highest BCUT2D eigenvalue weighted by Gasteiger charge is 2.34. The van der Waals surface area contributed by atoms with E-state index in [1.807, 2.05) is 30.3 Å². The van der Waals surface area contributed by atoms with Gasteiger partial charge in [0.05, 0.1) is 13.7 Å². The summed E-state index contributed by atoms with van der Waals surface area (Å²) in [5, 5.41) is 3.18. The minimum Gasteiger partial charge on any atom is -0.463 e. The second-order valence-corrected chi connectivity index (χ2v) is 7.29. The van der Waals surface area contributed by atoms with Gasteiger partial charge in [0.15, 0.2) is 5.09 Å². The number of hydrogen-bond acceptors (Lipinski definition) is 7. The lowest BCUT2D eigenvalue weighted by molar-refractivity contribution is -0.123. The summed E-state index contributed by atoms with van der Waals surface area (Å²) in [6.45, 7) is -0.119. The summed E-state index contributed by atoms with van der Waals surface area (Å²) in [6, 6.07) is 15.6. The van der Waals surface area contributed by atoms with E-state index in [-0.39, 0.29) is 23.8 Å². The van der Waals surface area contributed by atoms with Gasteiger partial charge < -0.3 is 18.9 Å². The Morgan fingerprint density at radius 2 is 1.90 bits per heavy atom. The predicted molar refractivity (Wildman–Crippen MR) is 106 cm³/mol. The Kier molecular flexibility index (Phi) is 5.44. The van der Waals surface area contributed by atoms with E-state index in [1.165, 1.54) is 37.1 Å². The van der Waals surface area contributed by atoms with Gasteiger partial charge in [-0.2, -0.15) is 0 Å². The highest BCUT2D eigenvalue weighted by atomic mass is 32.2. The van der Waals surface area contributed by atoms with E-state index < -0.39 is 17.9 Å². The third-order valence-corrected chi connectivity index (χ3v) is 5.10. The molecule has 0 radical (unpaired) electrons. The lowest BCUT2D eigenvalue weighted by atomic mass is 10.3. The number of carbonyl (C=O) groups is 3. The number of esters is 1. The van der Waals surface area contributed by atoms with Crippen LogP contribution in [0.1, 0.15) is 22.1 Å². The van der Waals surface area contributed by atoms with Gasteiger partial charge in [-0.1, -0.05) is 30.0 Å². The zero-order chi connectivity index (χ0) is 21.1. The number of urea groups is 1. The molecular weight excluding hydrogens is 408 g/mol. The number of furan rings is 2. The van der Waals surface area contributed by atoms with Crippen LogP contribution in [0.3, 0.4) is 0 Å². The normalized spacial score (nSPS) is 15.0. The Hall–Kier alpha value is -3.72. The zero-order valence-corrected chi connectivity index (χ0v) is 16.6. The molecule has 8 nitrogen and oxygen atoms in total. The van der Waals surface area contributed by atoms with Crippen LogP contribution in [0.15, 0.2) is 79.1 Å². The minimum absolute atomic E-state index is 0.00523. The minimum atomic E-state index is -0.638. The van der Waals surface area contributed by atoms with Gasteiger partial charge in [-0.25, -0.2) is 9.59 Å². The maximum Gasteiger partial charge on any atom is 0.373 e. The van der Waals surface area contributed by atoms with Crippen molar-refractivity contribution in [2.45, 2.75) is 16.5 Å². The Morgan fingerprint density at radius 3 is 2.67 bits per heavy atom. The molecule has 1 aliphatic heterocycles. The van der Waals surface area contributed by atoms with Crippen molar-refractivity contribution in [3.63, 3.8) is 0 Å². The van der Waals surface area contributed by atoms with Gasteiger partial charge in [0.25, 0.3) is 5.91 Å². The first-order chi connectivity index (χ1) is 14.5. The molecule has 3 heterocycles. The van der Waals surface area contributed by atoms with Crippen LogP contribution in [0.2, 0.25) is 0 Å². The highest BCUT2D eigenvalue weighted by Crippen LogP contribution is 2.30. The number of ether oxygens (including phenoxy) is 1. The Balaban J connectivity index is 1.45. The summed E-state index contributed by atoms with van der Waals surface area (Å²) < 4.78 is 15.6. The molecule has 1 aliphatic rings. The highest BCUT2D eigenvalue weighted by molar-refractivity contribution is 7.99. The first kappa shape index (κ1) is 19.6. The number of amides is 3. The van der Waals surface area contributed by atoms with Crippen molar-refractivity contribution in [1.82, 2.24) is 10.2 Å². The van der Waals surface area contributed by atoms with Crippen molar-refractivity contribution in [1.29, 1.82) is 0 Å². The summed E-state index contributed by atoms with van der Waals surface area (Å²) in [4.78, 5) is 38.3. The van der Waals surface area contributed by atoms with E-state index >= 15 is 0 Å². The lowest BCUT2D eigenvalue weighted by Crippen LogP contribution is -2.30. The van der Waals surface area contributed by atoms with Crippen molar-refractivity contribution >= 4 is 35.7 Å². The topological polar surface area (TPSA) is 102 Å². The van der Waals surface area contributed by atoms with Crippen molar-refractivity contribution in [2.75, 3.05) is 7.11 Å². The summed E-state index contributed by atoms with van der Waals surface area (Å²) in [6.07, 6.45) is 1.47. The van der Waals surface area contributed by atoms with Crippen LogP contribution < -0.4 is 5.32 Å².